The zero-order chi connectivity index (χ0) is 44.2. The van der Waals surface area contributed by atoms with Gasteiger partial charge in [0.1, 0.15) is 5.69 Å². The molecule has 3 aromatic carbocycles. The molecule has 0 aliphatic carbocycles. The number of carbonyl (C=O) groups excluding carboxylic acids is 7. The number of hydrogen-bond donors (Lipinski definition) is 4. The van der Waals surface area contributed by atoms with E-state index in [2.05, 4.69) is 26.3 Å². The summed E-state index contributed by atoms with van der Waals surface area (Å²) in [6.45, 7) is 0.442. The van der Waals surface area contributed by atoms with E-state index in [1.165, 1.54) is 30.6 Å². The van der Waals surface area contributed by atoms with Gasteiger partial charge < -0.3 is 35.3 Å². The smallest absolute Gasteiger partial charge is 0.272 e. The summed E-state index contributed by atoms with van der Waals surface area (Å²) in [7, 11) is 3.20. The quantitative estimate of drug-likeness (QED) is 0.0796. The van der Waals surface area contributed by atoms with Crippen molar-refractivity contribution in [3.05, 3.63) is 107 Å². The minimum Gasteiger partial charge on any atom is -0.493 e. The highest BCUT2D eigenvalue weighted by molar-refractivity contribution is 7.20. The molecule has 0 bridgehead atoms. The first-order valence-corrected chi connectivity index (χ1v) is 21.0. The lowest BCUT2D eigenvalue weighted by atomic mass is 10.1. The number of nitrogens with zero attached hydrogens (tertiary/aromatic N) is 4. The number of rotatable bonds is 16. The van der Waals surface area contributed by atoms with Crippen molar-refractivity contribution < 1.29 is 43.0 Å². The predicted octanol–water partition coefficient (Wildman–Crippen LogP) is 4.75. The van der Waals surface area contributed by atoms with Gasteiger partial charge in [-0.1, -0.05) is 18.2 Å². The Morgan fingerprint density at radius 2 is 1.65 bits per heavy atom. The number of fused-ring (bicyclic) bond motifs is 5. The van der Waals surface area contributed by atoms with Gasteiger partial charge in [-0.25, -0.2) is 0 Å². The molecule has 2 aromatic heterocycles. The fourth-order valence-electron chi connectivity index (χ4n) is 7.54. The molecule has 18 heteroatoms. The van der Waals surface area contributed by atoms with E-state index in [4.69, 9.17) is 9.47 Å². The molecule has 17 nitrogen and oxygen atoms in total. The van der Waals surface area contributed by atoms with Gasteiger partial charge in [0.05, 0.1) is 41.6 Å². The number of imide groups is 1. The molecule has 322 valence electrons. The molecule has 0 saturated carbocycles. The molecule has 4 N–H and O–H groups in total. The molecule has 7 amide bonds. The third kappa shape index (κ3) is 9.20. The van der Waals surface area contributed by atoms with Crippen molar-refractivity contribution in [1.29, 1.82) is 0 Å². The molecule has 3 aliphatic heterocycles. The standard InChI is InChI=1S/C45H42N8O9S/c1-51-25-29(49-40(55)8-5-17-62-36-23-32-31(22-35(36)61-2)45(60)53-30(24-48-32)19-26-6-3-4-7-33(26)53)21-34(51)43(58)50-28-9-10-37-27(18-28)20-38(63-37)44(59)47-14-13-39(54)46-15-16-52-41(56)11-12-42(52)57/h3-4,6-7,9-12,18,20-25,30H,5,8,13-17,19H2,1-2H3,(H,46,54)(H,47,59)(H,49,55)(H,50,58)/t30-/m0/s1. The number of aliphatic imine (C=N–C) groups is 1. The van der Waals surface area contributed by atoms with Crippen LogP contribution in [0.15, 0.2) is 90.1 Å². The highest BCUT2D eigenvalue weighted by Crippen LogP contribution is 2.41. The van der Waals surface area contributed by atoms with Crippen LogP contribution in [0.25, 0.3) is 10.1 Å². The normalized spacial score (nSPS) is 14.9. The second kappa shape index (κ2) is 18.2. The fraction of sp³-hybridized carbons (Fsp3) is 0.244. The largest absolute Gasteiger partial charge is 0.493 e. The van der Waals surface area contributed by atoms with Crippen LogP contribution in [0, 0.1) is 0 Å². The lowest BCUT2D eigenvalue weighted by Gasteiger charge is -2.22. The van der Waals surface area contributed by atoms with Crippen LogP contribution in [0.1, 0.15) is 55.3 Å². The summed E-state index contributed by atoms with van der Waals surface area (Å²) in [4.78, 5) is 96.1. The zero-order valence-electron chi connectivity index (χ0n) is 34.3. The number of amides is 7. The zero-order valence-corrected chi connectivity index (χ0v) is 35.1. The molecule has 0 spiro atoms. The third-order valence-corrected chi connectivity index (χ3v) is 11.8. The maximum absolute atomic E-state index is 13.7. The van der Waals surface area contributed by atoms with Crippen LogP contribution < -0.4 is 35.6 Å². The summed E-state index contributed by atoms with van der Waals surface area (Å²) in [5.74, 6) is -1.58. The number of benzene rings is 3. The minimum absolute atomic E-state index is 0.0111. The number of para-hydroxylation sites is 1. The van der Waals surface area contributed by atoms with Gasteiger partial charge in [-0.05, 0) is 59.8 Å². The molecule has 5 aromatic rings. The average Bonchev–Trinajstić information content (AvgIpc) is 4.03. The SMILES string of the molecule is COc1cc2c(cc1OCCCC(=O)Nc1cc(C(=O)Nc3ccc4sc(C(=O)NCCC(=O)NCCN5C(=O)C=CC5=O)cc4c3)n(C)c1)N=C[C@@H]1Cc3ccccc3N1C2=O. The Balaban J connectivity index is 0.786. The second-order valence-corrected chi connectivity index (χ2v) is 16.0. The predicted molar refractivity (Wildman–Crippen MR) is 236 cm³/mol. The van der Waals surface area contributed by atoms with E-state index >= 15 is 0 Å². The number of methoxy groups -OCH3 is 1. The molecule has 0 saturated heterocycles. The Morgan fingerprint density at radius 3 is 2.46 bits per heavy atom. The van der Waals surface area contributed by atoms with E-state index in [-0.39, 0.29) is 68.8 Å². The minimum atomic E-state index is -0.422. The van der Waals surface area contributed by atoms with Crippen LogP contribution in [0.2, 0.25) is 0 Å². The van der Waals surface area contributed by atoms with Crippen molar-refractivity contribution in [2.24, 2.45) is 12.0 Å². The van der Waals surface area contributed by atoms with Gasteiger partial charge in [-0.3, -0.25) is 48.4 Å². The molecule has 0 unspecified atom stereocenters. The van der Waals surface area contributed by atoms with Gasteiger partial charge in [-0.15, -0.1) is 11.3 Å². The Hall–Kier alpha value is -7.60. The lowest BCUT2D eigenvalue weighted by Crippen LogP contribution is -2.39. The summed E-state index contributed by atoms with van der Waals surface area (Å²) >= 11 is 1.27. The number of ether oxygens (including phenoxy) is 2. The van der Waals surface area contributed by atoms with E-state index in [0.29, 0.717) is 57.5 Å². The van der Waals surface area contributed by atoms with Crippen molar-refractivity contribution in [3.8, 4) is 11.5 Å². The van der Waals surface area contributed by atoms with E-state index in [0.717, 1.165) is 26.2 Å². The molecular weight excluding hydrogens is 829 g/mol. The monoisotopic (exact) mass is 870 g/mol. The molecular formula is C45H42N8O9S. The van der Waals surface area contributed by atoms with E-state index in [9.17, 15) is 33.6 Å². The molecule has 0 radical (unpaired) electrons. The molecule has 5 heterocycles. The van der Waals surface area contributed by atoms with Crippen LogP contribution >= 0.6 is 11.3 Å². The topological polar surface area (TPSA) is 210 Å². The van der Waals surface area contributed by atoms with E-state index in [1.807, 2.05) is 24.3 Å². The first-order chi connectivity index (χ1) is 30.4. The summed E-state index contributed by atoms with van der Waals surface area (Å²) in [5.41, 5.74) is 4.11. The number of hydrogen-bond acceptors (Lipinski definition) is 11. The van der Waals surface area contributed by atoms with Gasteiger partial charge in [0, 0.05) is 92.6 Å². The number of aromatic nitrogens is 1. The maximum Gasteiger partial charge on any atom is 0.272 e. The molecule has 8 rings (SSSR count). The van der Waals surface area contributed by atoms with Crippen molar-refractivity contribution in [2.45, 2.75) is 31.7 Å². The van der Waals surface area contributed by atoms with Gasteiger partial charge in [0.25, 0.3) is 29.5 Å². The Morgan fingerprint density at radius 1 is 0.841 bits per heavy atom. The maximum atomic E-state index is 13.7. The first kappa shape index (κ1) is 42.1. The van der Waals surface area contributed by atoms with Crippen molar-refractivity contribution >= 4 is 91.7 Å². The second-order valence-electron chi connectivity index (χ2n) is 14.9. The number of aryl methyl sites for hydroxylation is 1. The molecule has 63 heavy (non-hydrogen) atoms. The van der Waals surface area contributed by atoms with Gasteiger partial charge in [-0.2, -0.15) is 0 Å². The fourth-order valence-corrected chi connectivity index (χ4v) is 8.50. The third-order valence-electron chi connectivity index (χ3n) is 10.6. The van der Waals surface area contributed by atoms with Crippen molar-refractivity contribution in [3.63, 3.8) is 0 Å². The molecule has 1 atom stereocenters. The summed E-state index contributed by atoms with van der Waals surface area (Å²) in [6, 6.07) is 19.5. The Bertz CT molecular complexity index is 2740. The highest BCUT2D eigenvalue weighted by atomic mass is 32.1. The van der Waals surface area contributed by atoms with Crippen LogP contribution in [-0.4, -0.2) is 96.4 Å². The van der Waals surface area contributed by atoms with Crippen LogP contribution in [0.3, 0.4) is 0 Å². The lowest BCUT2D eigenvalue weighted by molar-refractivity contribution is -0.137. The van der Waals surface area contributed by atoms with Crippen molar-refractivity contribution in [1.82, 2.24) is 20.1 Å². The molecule has 3 aliphatic rings. The number of carbonyl (C=O) groups is 7. The van der Waals surface area contributed by atoms with Gasteiger partial charge in [0.15, 0.2) is 11.5 Å². The average molecular weight is 871 g/mol. The van der Waals surface area contributed by atoms with E-state index in [1.54, 1.807) is 71.4 Å². The Kier molecular flexibility index (Phi) is 12.1. The Labute approximate surface area is 364 Å². The number of nitrogens with one attached hydrogen (secondary N) is 4. The summed E-state index contributed by atoms with van der Waals surface area (Å²) in [5, 5.41) is 11.8. The number of anilines is 3. The molecule has 0 fully saturated rings. The highest BCUT2D eigenvalue weighted by Gasteiger charge is 2.36. The van der Waals surface area contributed by atoms with Gasteiger partial charge in [0.2, 0.25) is 11.8 Å². The number of thiophene rings is 1. The van der Waals surface area contributed by atoms with Crippen molar-refractivity contribution in [2.75, 3.05) is 48.9 Å². The summed E-state index contributed by atoms with van der Waals surface area (Å²) < 4.78 is 14.0. The first-order valence-electron chi connectivity index (χ1n) is 20.2. The van der Waals surface area contributed by atoms with Gasteiger partial charge >= 0.3 is 0 Å². The van der Waals surface area contributed by atoms with Crippen LogP contribution in [0.4, 0.5) is 22.7 Å². The van der Waals surface area contributed by atoms with Crippen LogP contribution in [0.5, 0.6) is 11.5 Å². The van der Waals surface area contributed by atoms with E-state index < -0.39 is 17.7 Å². The summed E-state index contributed by atoms with van der Waals surface area (Å²) in [6.07, 6.45) is 6.99. The van der Waals surface area contributed by atoms with Crippen LogP contribution in [-0.2, 0) is 32.6 Å².